The van der Waals surface area contributed by atoms with E-state index in [1.165, 1.54) is 24.3 Å². The molecule has 2 aromatic carbocycles. The number of carbonyl (C=O) groups is 4. The Morgan fingerprint density at radius 3 is 2.38 bits per heavy atom. The zero-order valence-corrected chi connectivity index (χ0v) is 22.9. The van der Waals surface area contributed by atoms with Crippen LogP contribution < -0.4 is 21.1 Å². The number of nitro benzene ring substituents is 1. The second-order valence-corrected chi connectivity index (χ2v) is 9.56. The zero-order valence-electron chi connectivity index (χ0n) is 22.9. The summed E-state index contributed by atoms with van der Waals surface area (Å²) in [7, 11) is 0. The van der Waals surface area contributed by atoms with Crippen molar-refractivity contribution in [3.63, 3.8) is 0 Å². The molecule has 0 fully saturated rings. The summed E-state index contributed by atoms with van der Waals surface area (Å²) < 4.78 is 15.4. The fraction of sp³-hybridized carbons (Fsp3) is 0.310. The van der Waals surface area contributed by atoms with Gasteiger partial charge in [0, 0.05) is 49.0 Å². The zero-order chi connectivity index (χ0) is 30.5. The summed E-state index contributed by atoms with van der Waals surface area (Å²) in [5.41, 5.74) is 6.06. The number of benzene rings is 2. The second-order valence-electron chi connectivity index (χ2n) is 9.56. The van der Waals surface area contributed by atoms with Crippen LogP contribution in [0.25, 0.3) is 0 Å². The fourth-order valence-electron chi connectivity index (χ4n) is 4.01. The first kappa shape index (κ1) is 31.3. The molecule has 42 heavy (non-hydrogen) atoms. The van der Waals surface area contributed by atoms with Crippen molar-refractivity contribution in [2.75, 3.05) is 11.9 Å². The first-order valence-corrected chi connectivity index (χ1v) is 13.2. The third-order valence-corrected chi connectivity index (χ3v) is 6.31. The van der Waals surface area contributed by atoms with Crippen molar-refractivity contribution < 1.29 is 38.0 Å². The van der Waals surface area contributed by atoms with Crippen LogP contribution in [0.4, 0.5) is 21.0 Å². The number of rotatable bonds is 15. The van der Waals surface area contributed by atoms with Gasteiger partial charge in [0.05, 0.1) is 11.2 Å². The molecule has 0 saturated carbocycles. The molecule has 0 spiro atoms. The number of hydrogen-bond acceptors (Lipinski definition) is 9. The van der Waals surface area contributed by atoms with E-state index < -0.39 is 23.0 Å². The van der Waals surface area contributed by atoms with Crippen molar-refractivity contribution in [3.8, 4) is 5.75 Å². The van der Waals surface area contributed by atoms with Crippen molar-refractivity contribution in [1.82, 2.24) is 5.32 Å². The van der Waals surface area contributed by atoms with Crippen molar-refractivity contribution in [1.29, 1.82) is 0 Å². The highest BCUT2D eigenvalue weighted by Crippen LogP contribution is 2.21. The molecule has 3 rings (SSSR count). The van der Waals surface area contributed by atoms with E-state index in [1.807, 2.05) is 0 Å². The van der Waals surface area contributed by atoms with Gasteiger partial charge in [-0.15, -0.1) is 0 Å². The smallest absolute Gasteiger partial charge is 0.469 e. The Bertz CT molecular complexity index is 1360. The third-order valence-electron chi connectivity index (χ3n) is 6.31. The van der Waals surface area contributed by atoms with E-state index in [2.05, 4.69) is 10.6 Å². The Morgan fingerprint density at radius 2 is 1.76 bits per heavy atom. The number of furan rings is 1. The van der Waals surface area contributed by atoms with Gasteiger partial charge in [-0.05, 0) is 54.8 Å². The Labute approximate surface area is 241 Å². The average Bonchev–Trinajstić information content (AvgIpc) is 3.47. The molecule has 0 aliphatic rings. The van der Waals surface area contributed by atoms with Crippen molar-refractivity contribution in [3.05, 3.63) is 88.4 Å². The molecule has 4 N–H and O–H groups in total. The van der Waals surface area contributed by atoms with Crippen LogP contribution in [0.15, 0.2) is 71.3 Å². The Kier molecular flexibility index (Phi) is 11.6. The molecule has 0 unspecified atom stereocenters. The lowest BCUT2D eigenvalue weighted by molar-refractivity contribution is -0.384. The van der Waals surface area contributed by atoms with Crippen LogP contribution in [0.1, 0.15) is 37.5 Å². The molecular formula is C29H32N4O9. The molecule has 2 atom stereocenters. The SMILES string of the molecule is C[C@@H](Cc1ccco1)C(=O)C[C@@H](CCCNC(N)=O)C(=O)Nc1ccc(COC(=O)Oc2ccc([N+](=O)[O-])cc2)cc1. The summed E-state index contributed by atoms with van der Waals surface area (Å²) in [6, 6.07) is 14.4. The number of carbonyl (C=O) groups excluding carboxylic acids is 4. The molecule has 1 heterocycles. The number of nitro groups is 1. The minimum absolute atomic E-state index is 0.0209. The van der Waals surface area contributed by atoms with Gasteiger partial charge in [0.25, 0.3) is 5.69 Å². The predicted octanol–water partition coefficient (Wildman–Crippen LogP) is 4.74. The van der Waals surface area contributed by atoms with Gasteiger partial charge in [-0.1, -0.05) is 19.1 Å². The lowest BCUT2D eigenvalue weighted by Gasteiger charge is -2.18. The maximum atomic E-state index is 13.1. The molecule has 0 aliphatic carbocycles. The first-order valence-electron chi connectivity index (χ1n) is 13.2. The minimum Gasteiger partial charge on any atom is -0.469 e. The van der Waals surface area contributed by atoms with Crippen LogP contribution in [0.3, 0.4) is 0 Å². The maximum Gasteiger partial charge on any atom is 0.514 e. The minimum atomic E-state index is -0.985. The number of amides is 3. The molecule has 0 radical (unpaired) electrons. The topological polar surface area (TPSA) is 193 Å². The van der Waals surface area contributed by atoms with Crippen molar-refractivity contribution in [2.24, 2.45) is 17.6 Å². The van der Waals surface area contributed by atoms with Gasteiger partial charge in [0.1, 0.15) is 23.9 Å². The monoisotopic (exact) mass is 580 g/mol. The van der Waals surface area contributed by atoms with Crippen LogP contribution in [-0.2, 0) is 27.4 Å². The quantitative estimate of drug-likeness (QED) is 0.0748. The number of urea groups is 1. The fourth-order valence-corrected chi connectivity index (χ4v) is 4.01. The van der Waals surface area contributed by atoms with Gasteiger partial charge in [-0.25, -0.2) is 9.59 Å². The molecule has 13 heteroatoms. The molecule has 3 aromatic rings. The standard InChI is InChI=1S/C29H32N4O9/c1-19(16-25-5-3-15-40-25)26(34)17-21(4-2-14-31-28(30)36)27(35)32-22-8-6-20(7-9-22)18-41-29(37)42-24-12-10-23(11-13-24)33(38)39/h3,5-13,15,19,21H,2,4,14,16-18H2,1H3,(H,32,35)(H3,30,31,36)/t19-,21+/m0/s1. The highest BCUT2D eigenvalue weighted by atomic mass is 16.7. The predicted molar refractivity (Wildman–Crippen MR) is 150 cm³/mol. The lowest BCUT2D eigenvalue weighted by Crippen LogP contribution is -2.32. The number of non-ortho nitro benzene ring substituents is 1. The molecule has 0 aliphatic heterocycles. The highest BCUT2D eigenvalue weighted by Gasteiger charge is 2.25. The molecule has 1 aromatic heterocycles. The van der Waals surface area contributed by atoms with E-state index in [4.69, 9.17) is 19.6 Å². The summed E-state index contributed by atoms with van der Waals surface area (Å²) in [6.07, 6.45) is 1.81. The van der Waals surface area contributed by atoms with Crippen LogP contribution in [-0.4, -0.2) is 35.3 Å². The number of ether oxygens (including phenoxy) is 2. The first-order chi connectivity index (χ1) is 20.1. The van der Waals surface area contributed by atoms with E-state index >= 15 is 0 Å². The average molecular weight is 581 g/mol. The number of hydrogen-bond donors (Lipinski definition) is 3. The normalized spacial score (nSPS) is 12.0. The largest absolute Gasteiger partial charge is 0.514 e. The van der Waals surface area contributed by atoms with E-state index in [9.17, 15) is 29.3 Å². The van der Waals surface area contributed by atoms with E-state index in [-0.39, 0.29) is 48.6 Å². The number of nitrogens with one attached hydrogen (secondary N) is 2. The summed E-state index contributed by atoms with van der Waals surface area (Å²) in [6.45, 7) is 1.95. The molecular weight excluding hydrogens is 548 g/mol. The van der Waals surface area contributed by atoms with E-state index in [1.54, 1.807) is 49.6 Å². The number of ketones is 1. The van der Waals surface area contributed by atoms with Crippen molar-refractivity contribution in [2.45, 2.75) is 39.2 Å². The summed E-state index contributed by atoms with van der Waals surface area (Å²) in [5.74, 6) is -0.625. The van der Waals surface area contributed by atoms with Gasteiger partial charge >= 0.3 is 12.2 Å². The Morgan fingerprint density at radius 1 is 1.05 bits per heavy atom. The van der Waals surface area contributed by atoms with Crippen LogP contribution in [0.5, 0.6) is 5.75 Å². The van der Waals surface area contributed by atoms with Crippen LogP contribution in [0, 0.1) is 22.0 Å². The number of nitrogens with zero attached hydrogens (tertiary/aromatic N) is 1. The van der Waals surface area contributed by atoms with E-state index in [0.29, 0.717) is 36.3 Å². The van der Waals surface area contributed by atoms with Crippen LogP contribution in [0.2, 0.25) is 0 Å². The lowest BCUT2D eigenvalue weighted by atomic mass is 9.89. The molecule has 13 nitrogen and oxygen atoms in total. The second kappa shape index (κ2) is 15.6. The van der Waals surface area contributed by atoms with Gasteiger partial charge < -0.3 is 30.3 Å². The van der Waals surface area contributed by atoms with Crippen molar-refractivity contribution >= 4 is 35.3 Å². The molecule has 0 bridgehead atoms. The number of anilines is 1. The van der Waals surface area contributed by atoms with Gasteiger partial charge in [0.2, 0.25) is 5.91 Å². The third kappa shape index (κ3) is 10.4. The highest BCUT2D eigenvalue weighted by molar-refractivity contribution is 5.95. The van der Waals surface area contributed by atoms with Crippen LogP contribution >= 0.6 is 0 Å². The molecule has 0 saturated heterocycles. The molecule has 222 valence electrons. The van der Waals surface area contributed by atoms with Gasteiger partial charge in [0.15, 0.2) is 0 Å². The summed E-state index contributed by atoms with van der Waals surface area (Å²) in [5, 5.41) is 16.0. The van der Waals surface area contributed by atoms with Gasteiger partial charge in [-0.3, -0.25) is 19.7 Å². The summed E-state index contributed by atoms with van der Waals surface area (Å²) >= 11 is 0. The summed E-state index contributed by atoms with van der Waals surface area (Å²) in [4.78, 5) is 59.1. The Balaban J connectivity index is 1.52. The van der Waals surface area contributed by atoms with Gasteiger partial charge in [-0.2, -0.15) is 0 Å². The number of Topliss-reactive ketones (excluding diaryl/α,β-unsaturated/α-hetero) is 1. The maximum absolute atomic E-state index is 13.1. The van der Waals surface area contributed by atoms with E-state index in [0.717, 1.165) is 0 Å². The molecule has 3 amide bonds. The Hall–Kier alpha value is -5.20. The number of primary amides is 1. The number of nitrogens with two attached hydrogens (primary N) is 1.